The molecule has 0 saturated heterocycles. The van der Waals surface area contributed by atoms with Crippen LogP contribution in [-0.2, 0) is 0 Å². The molecule has 1 aromatic rings. The number of nitrogens with one attached hydrogen (secondary N) is 1. The van der Waals surface area contributed by atoms with Gasteiger partial charge in [-0.15, -0.1) is 0 Å². The highest BCUT2D eigenvalue weighted by Crippen LogP contribution is 2.21. The average molecular weight is 245 g/mol. The fourth-order valence-electron chi connectivity index (χ4n) is 0.994. The second-order valence-electron chi connectivity index (χ2n) is 3.18. The molecule has 7 heteroatoms. The largest absolute Gasteiger partial charge is 0.430 e. The van der Waals surface area contributed by atoms with E-state index >= 15 is 0 Å². The number of rotatable bonds is 2. The van der Waals surface area contributed by atoms with Crippen molar-refractivity contribution in [1.29, 1.82) is 0 Å². The summed E-state index contributed by atoms with van der Waals surface area (Å²) in [5.41, 5.74) is 8.95. The quantitative estimate of drug-likeness (QED) is 0.681. The molecule has 92 valence electrons. The number of allylic oxidation sites excluding steroid dienone is 3. The number of hydrogen-bond donors (Lipinski definition) is 3. The zero-order chi connectivity index (χ0) is 13.1. The van der Waals surface area contributed by atoms with Crippen molar-refractivity contribution >= 4 is 5.70 Å². The number of H-pyrrole nitrogens is 1. The monoisotopic (exact) mass is 245 g/mol. The molecular weight excluding hydrogens is 235 g/mol. The van der Waals surface area contributed by atoms with Crippen LogP contribution in [0.15, 0.2) is 41.0 Å². The molecule has 17 heavy (non-hydrogen) atoms. The van der Waals surface area contributed by atoms with Crippen molar-refractivity contribution in [2.24, 2.45) is 11.5 Å². The summed E-state index contributed by atoms with van der Waals surface area (Å²) in [6.07, 6.45) is -1.60. The van der Waals surface area contributed by atoms with E-state index in [2.05, 4.69) is 4.98 Å². The average Bonchev–Trinajstić information content (AvgIpc) is 2.24. The van der Waals surface area contributed by atoms with Gasteiger partial charge in [-0.3, -0.25) is 4.79 Å². The third-order valence-electron chi connectivity index (χ3n) is 1.88. The maximum atomic E-state index is 12.0. The van der Waals surface area contributed by atoms with Crippen LogP contribution in [0.1, 0.15) is 5.56 Å². The van der Waals surface area contributed by atoms with E-state index in [1.807, 2.05) is 0 Å². The lowest BCUT2D eigenvalue weighted by Crippen LogP contribution is -2.19. The molecule has 0 aliphatic carbocycles. The Hall–Kier alpha value is -2.18. The number of nitrogens with two attached hydrogens (primary N) is 2. The molecule has 0 aromatic carbocycles. The minimum absolute atomic E-state index is 0.0169. The van der Waals surface area contributed by atoms with Gasteiger partial charge in [0.15, 0.2) is 0 Å². The van der Waals surface area contributed by atoms with E-state index in [0.717, 1.165) is 6.08 Å². The van der Waals surface area contributed by atoms with Crippen LogP contribution in [0.5, 0.6) is 0 Å². The van der Waals surface area contributed by atoms with E-state index in [9.17, 15) is 18.0 Å². The van der Waals surface area contributed by atoms with Crippen LogP contribution in [0.3, 0.4) is 0 Å². The number of aromatic amines is 1. The van der Waals surface area contributed by atoms with Crippen LogP contribution in [0.25, 0.3) is 5.70 Å². The van der Waals surface area contributed by atoms with Crippen molar-refractivity contribution < 1.29 is 13.2 Å². The van der Waals surface area contributed by atoms with Crippen LogP contribution in [0, 0.1) is 0 Å². The highest BCUT2D eigenvalue weighted by molar-refractivity contribution is 5.63. The predicted octanol–water partition coefficient (Wildman–Crippen LogP) is 1.08. The number of alkyl halides is 3. The van der Waals surface area contributed by atoms with Crippen molar-refractivity contribution in [3.8, 4) is 0 Å². The fraction of sp³-hybridized carbons (Fsp3) is 0.100. The summed E-state index contributed by atoms with van der Waals surface area (Å²) in [6.45, 7) is 0. The zero-order valence-electron chi connectivity index (χ0n) is 8.58. The summed E-state index contributed by atoms with van der Waals surface area (Å²) in [4.78, 5) is 13.3. The van der Waals surface area contributed by atoms with E-state index in [4.69, 9.17) is 11.5 Å². The van der Waals surface area contributed by atoms with Gasteiger partial charge in [0, 0.05) is 23.5 Å². The van der Waals surface area contributed by atoms with Crippen molar-refractivity contribution in [3.05, 3.63) is 52.1 Å². The van der Waals surface area contributed by atoms with Gasteiger partial charge in [-0.25, -0.2) is 0 Å². The molecule has 5 N–H and O–H groups in total. The molecule has 0 amide bonds. The van der Waals surface area contributed by atoms with Crippen molar-refractivity contribution in [2.45, 2.75) is 6.18 Å². The summed E-state index contributed by atoms with van der Waals surface area (Å²) in [5.74, 6) is 0. The first-order chi connectivity index (χ1) is 7.80. The maximum Gasteiger partial charge on any atom is 0.430 e. The third-order valence-corrected chi connectivity index (χ3v) is 1.88. The second kappa shape index (κ2) is 4.77. The fourth-order valence-corrected chi connectivity index (χ4v) is 0.994. The van der Waals surface area contributed by atoms with E-state index < -0.39 is 17.4 Å². The Morgan fingerprint density at radius 2 is 1.94 bits per heavy atom. The smallest absolute Gasteiger partial charge is 0.398 e. The van der Waals surface area contributed by atoms with Gasteiger partial charge in [0.2, 0.25) is 5.56 Å². The van der Waals surface area contributed by atoms with E-state index in [1.54, 1.807) is 0 Å². The van der Waals surface area contributed by atoms with Crippen LogP contribution in [0.2, 0.25) is 0 Å². The van der Waals surface area contributed by atoms with Gasteiger partial charge in [-0.05, 0) is 18.2 Å². The molecule has 4 nitrogen and oxygen atoms in total. The lowest BCUT2D eigenvalue weighted by molar-refractivity contribution is -0.0926. The Balaban J connectivity index is 2.99. The Kier molecular flexibility index (Phi) is 3.62. The van der Waals surface area contributed by atoms with Crippen LogP contribution >= 0.6 is 0 Å². The van der Waals surface area contributed by atoms with Crippen molar-refractivity contribution in [1.82, 2.24) is 4.98 Å². The highest BCUT2D eigenvalue weighted by atomic mass is 19.4. The molecule has 1 rings (SSSR count). The molecule has 0 spiro atoms. The Labute approximate surface area is 94.4 Å². The molecule has 0 saturated carbocycles. The molecule has 1 heterocycles. The number of pyridine rings is 1. The molecule has 0 atom stereocenters. The van der Waals surface area contributed by atoms with Gasteiger partial charge in [-0.2, -0.15) is 13.2 Å². The Morgan fingerprint density at radius 1 is 1.29 bits per heavy atom. The Morgan fingerprint density at radius 3 is 2.47 bits per heavy atom. The second-order valence-corrected chi connectivity index (χ2v) is 3.18. The molecular formula is C10H10F3N3O. The molecule has 0 aliphatic rings. The highest BCUT2D eigenvalue weighted by Gasteiger charge is 2.30. The van der Waals surface area contributed by atoms with E-state index in [0.29, 0.717) is 11.6 Å². The lowest BCUT2D eigenvalue weighted by atomic mass is 10.2. The Bertz CT molecular complexity index is 514. The first kappa shape index (κ1) is 12.9. The summed E-state index contributed by atoms with van der Waals surface area (Å²) in [7, 11) is 0. The molecule has 0 aliphatic heterocycles. The number of halogens is 3. The number of hydrogen-bond acceptors (Lipinski definition) is 3. The van der Waals surface area contributed by atoms with Crippen molar-refractivity contribution in [2.75, 3.05) is 0 Å². The van der Waals surface area contributed by atoms with Gasteiger partial charge in [-0.1, -0.05) is 0 Å². The standard InChI is InChI=1S/C10H10F3N3O/c11-10(12,13)8(15)2-1-7(14)6-3-4-16-9(17)5-6/h1-5H,14-15H2,(H,16,17)/b7-1-,8-2-. The first-order valence-electron chi connectivity index (χ1n) is 4.50. The summed E-state index contributed by atoms with van der Waals surface area (Å²) in [6, 6.07) is 2.63. The minimum Gasteiger partial charge on any atom is -0.398 e. The minimum atomic E-state index is -4.59. The first-order valence-corrected chi connectivity index (χ1v) is 4.50. The third kappa shape index (κ3) is 3.71. The normalized spacial score (nSPS) is 13.8. The molecule has 1 aromatic heterocycles. The maximum absolute atomic E-state index is 12.0. The van der Waals surface area contributed by atoms with Gasteiger partial charge in [0.1, 0.15) is 5.70 Å². The summed E-state index contributed by atoms with van der Waals surface area (Å²) >= 11 is 0. The summed E-state index contributed by atoms with van der Waals surface area (Å²) in [5, 5.41) is 0. The zero-order valence-corrected chi connectivity index (χ0v) is 8.58. The molecule has 0 fully saturated rings. The van der Waals surface area contributed by atoms with Crippen LogP contribution < -0.4 is 17.0 Å². The summed E-state index contributed by atoms with van der Waals surface area (Å²) < 4.78 is 36.1. The molecule has 0 radical (unpaired) electrons. The van der Waals surface area contributed by atoms with Gasteiger partial charge < -0.3 is 16.5 Å². The van der Waals surface area contributed by atoms with Gasteiger partial charge in [0.05, 0.1) is 0 Å². The van der Waals surface area contributed by atoms with Gasteiger partial charge in [0.25, 0.3) is 0 Å². The lowest BCUT2D eigenvalue weighted by Gasteiger charge is -2.05. The topological polar surface area (TPSA) is 84.9 Å². The predicted molar refractivity (Wildman–Crippen MR) is 57.6 cm³/mol. The SMILES string of the molecule is N/C(=C\C=C(/N)C(F)(F)F)c1cc[nH]c(=O)c1. The van der Waals surface area contributed by atoms with E-state index in [-0.39, 0.29) is 5.70 Å². The number of aromatic nitrogens is 1. The van der Waals surface area contributed by atoms with Gasteiger partial charge >= 0.3 is 6.18 Å². The molecule has 0 unspecified atom stereocenters. The van der Waals surface area contributed by atoms with E-state index in [1.165, 1.54) is 18.3 Å². The van der Waals surface area contributed by atoms with Crippen molar-refractivity contribution in [3.63, 3.8) is 0 Å². The molecule has 0 bridgehead atoms. The van der Waals surface area contributed by atoms with Crippen LogP contribution in [0.4, 0.5) is 13.2 Å². The van der Waals surface area contributed by atoms with Crippen LogP contribution in [-0.4, -0.2) is 11.2 Å².